The highest BCUT2D eigenvalue weighted by Gasteiger charge is 2.30. The van der Waals surface area contributed by atoms with Crippen LogP contribution >= 0.6 is 0 Å². The van der Waals surface area contributed by atoms with Crippen molar-refractivity contribution in [1.29, 1.82) is 0 Å². The zero-order valence-corrected chi connectivity index (χ0v) is 14.6. The topological polar surface area (TPSA) is 106 Å². The maximum Gasteiger partial charge on any atom is 0.308 e. The molecule has 1 aliphatic rings. The van der Waals surface area contributed by atoms with E-state index in [2.05, 4.69) is 15.6 Å². The zero-order valence-electron chi connectivity index (χ0n) is 14.6. The Morgan fingerprint density at radius 1 is 1.31 bits per heavy atom. The molecule has 1 aromatic heterocycles. The summed E-state index contributed by atoms with van der Waals surface area (Å²) in [6, 6.07) is 9.39. The van der Waals surface area contributed by atoms with Crippen LogP contribution in [0.15, 0.2) is 30.3 Å². The van der Waals surface area contributed by atoms with Crippen LogP contribution in [0.25, 0.3) is 5.69 Å². The number of hydrogen-bond donors (Lipinski definition) is 2. The zero-order chi connectivity index (χ0) is 18.5. The Morgan fingerprint density at radius 3 is 2.65 bits per heavy atom. The van der Waals surface area contributed by atoms with Crippen LogP contribution in [-0.4, -0.2) is 51.7 Å². The lowest BCUT2D eigenvalue weighted by molar-refractivity contribution is -0.144. The molecule has 8 heteroatoms. The number of para-hydroxylation sites is 1. The van der Waals surface area contributed by atoms with E-state index in [-0.39, 0.29) is 18.2 Å². The Kier molecular flexibility index (Phi) is 5.62. The molecule has 0 radical (unpaired) electrons. The van der Waals surface area contributed by atoms with Crippen LogP contribution in [-0.2, 0) is 9.53 Å². The van der Waals surface area contributed by atoms with Crippen molar-refractivity contribution in [3.8, 4) is 5.69 Å². The fourth-order valence-corrected chi connectivity index (χ4v) is 3.21. The van der Waals surface area contributed by atoms with Gasteiger partial charge in [0.25, 0.3) is 5.91 Å². The maximum absolute atomic E-state index is 12.5. The summed E-state index contributed by atoms with van der Waals surface area (Å²) in [5, 5.41) is 20.2. The van der Waals surface area contributed by atoms with Crippen molar-refractivity contribution in [2.24, 2.45) is 11.8 Å². The molecule has 1 unspecified atom stereocenters. The van der Waals surface area contributed by atoms with Gasteiger partial charge in [-0.2, -0.15) is 0 Å². The SMILES string of the molecule is Cc1c(C(=O)NCC(C(=O)O)C2CCOCC2)nnn1-c1ccccc1. The van der Waals surface area contributed by atoms with E-state index >= 15 is 0 Å². The molecule has 138 valence electrons. The molecule has 1 atom stereocenters. The molecular formula is C18H22N4O4. The molecule has 2 N–H and O–H groups in total. The third-order valence-corrected chi connectivity index (χ3v) is 4.75. The number of carbonyl (C=O) groups excluding carboxylic acids is 1. The predicted octanol–water partition coefficient (Wildman–Crippen LogP) is 1.43. The number of carboxylic acid groups (broad SMARTS) is 1. The largest absolute Gasteiger partial charge is 0.481 e. The lowest BCUT2D eigenvalue weighted by atomic mass is 9.86. The van der Waals surface area contributed by atoms with E-state index in [1.165, 1.54) is 0 Å². The number of benzene rings is 1. The van der Waals surface area contributed by atoms with E-state index in [0.717, 1.165) is 5.69 Å². The molecule has 1 aromatic carbocycles. The van der Waals surface area contributed by atoms with Crippen molar-refractivity contribution in [2.45, 2.75) is 19.8 Å². The number of carbonyl (C=O) groups is 2. The van der Waals surface area contributed by atoms with Crippen LogP contribution in [0.3, 0.4) is 0 Å². The van der Waals surface area contributed by atoms with Gasteiger partial charge in [-0.05, 0) is 37.8 Å². The molecule has 2 aromatic rings. The van der Waals surface area contributed by atoms with Gasteiger partial charge in [-0.15, -0.1) is 5.10 Å². The van der Waals surface area contributed by atoms with Crippen molar-refractivity contribution in [1.82, 2.24) is 20.3 Å². The smallest absolute Gasteiger partial charge is 0.308 e. The standard InChI is InChI=1S/C18H22N4O4/c1-12-16(20-21-22(12)14-5-3-2-4-6-14)17(23)19-11-15(18(24)25)13-7-9-26-10-8-13/h2-6,13,15H,7-11H2,1H3,(H,19,23)(H,24,25). The molecule has 3 rings (SSSR count). The average Bonchev–Trinajstić information content (AvgIpc) is 3.04. The number of nitrogens with one attached hydrogen (secondary N) is 1. The summed E-state index contributed by atoms with van der Waals surface area (Å²) >= 11 is 0. The number of amides is 1. The van der Waals surface area contributed by atoms with Crippen molar-refractivity contribution in [3.63, 3.8) is 0 Å². The van der Waals surface area contributed by atoms with Crippen LogP contribution in [0.5, 0.6) is 0 Å². The van der Waals surface area contributed by atoms with Crippen LogP contribution < -0.4 is 5.32 Å². The third-order valence-electron chi connectivity index (χ3n) is 4.75. The second kappa shape index (κ2) is 8.09. The Bertz CT molecular complexity index is 769. The van der Waals surface area contributed by atoms with E-state index in [9.17, 15) is 14.7 Å². The summed E-state index contributed by atoms with van der Waals surface area (Å²) in [7, 11) is 0. The molecule has 0 bridgehead atoms. The number of aromatic nitrogens is 3. The quantitative estimate of drug-likeness (QED) is 0.809. The summed E-state index contributed by atoms with van der Waals surface area (Å²) < 4.78 is 6.87. The number of hydrogen-bond acceptors (Lipinski definition) is 5. The minimum atomic E-state index is -0.901. The van der Waals surface area contributed by atoms with Gasteiger partial charge >= 0.3 is 5.97 Å². The molecule has 26 heavy (non-hydrogen) atoms. The number of ether oxygens (including phenoxy) is 1. The van der Waals surface area contributed by atoms with E-state index in [0.29, 0.717) is 31.7 Å². The third kappa shape index (κ3) is 3.91. The van der Waals surface area contributed by atoms with Gasteiger partial charge in [0, 0.05) is 19.8 Å². The highest BCUT2D eigenvalue weighted by molar-refractivity contribution is 5.93. The first kappa shape index (κ1) is 18.1. The van der Waals surface area contributed by atoms with E-state index in [1.54, 1.807) is 11.6 Å². The average molecular weight is 358 g/mol. The monoisotopic (exact) mass is 358 g/mol. The molecule has 1 saturated heterocycles. The van der Waals surface area contributed by atoms with Gasteiger partial charge in [0.05, 0.1) is 17.3 Å². The summed E-state index contributed by atoms with van der Waals surface area (Å²) in [6.45, 7) is 2.95. The Morgan fingerprint density at radius 2 is 2.00 bits per heavy atom. The van der Waals surface area contributed by atoms with Crippen molar-refractivity contribution in [3.05, 3.63) is 41.7 Å². The van der Waals surface area contributed by atoms with Crippen molar-refractivity contribution in [2.75, 3.05) is 19.8 Å². The Balaban J connectivity index is 1.68. The minimum Gasteiger partial charge on any atom is -0.481 e. The molecule has 2 heterocycles. The molecule has 1 fully saturated rings. The summed E-state index contributed by atoms with van der Waals surface area (Å²) in [4.78, 5) is 24.1. The summed E-state index contributed by atoms with van der Waals surface area (Å²) in [5.41, 5.74) is 1.61. The molecule has 1 aliphatic heterocycles. The molecule has 0 aliphatic carbocycles. The normalized spacial score (nSPS) is 16.2. The van der Waals surface area contributed by atoms with Gasteiger partial charge in [0.15, 0.2) is 5.69 Å². The van der Waals surface area contributed by atoms with E-state index in [1.807, 2.05) is 30.3 Å². The second-order valence-corrected chi connectivity index (χ2v) is 6.38. The first-order valence-electron chi connectivity index (χ1n) is 8.64. The summed E-state index contributed by atoms with van der Waals surface area (Å²) in [5.74, 6) is -1.94. The van der Waals surface area contributed by atoms with Crippen LogP contribution in [0.4, 0.5) is 0 Å². The van der Waals surface area contributed by atoms with Crippen molar-refractivity contribution >= 4 is 11.9 Å². The first-order chi connectivity index (χ1) is 12.6. The fraction of sp³-hybridized carbons (Fsp3) is 0.444. The highest BCUT2D eigenvalue weighted by atomic mass is 16.5. The van der Waals surface area contributed by atoms with E-state index < -0.39 is 17.8 Å². The van der Waals surface area contributed by atoms with E-state index in [4.69, 9.17) is 4.74 Å². The van der Waals surface area contributed by atoms with Gasteiger partial charge in [0.2, 0.25) is 0 Å². The van der Waals surface area contributed by atoms with Gasteiger partial charge < -0.3 is 15.2 Å². The van der Waals surface area contributed by atoms with Gasteiger partial charge in [-0.25, -0.2) is 4.68 Å². The number of nitrogens with zero attached hydrogens (tertiary/aromatic N) is 3. The summed E-state index contributed by atoms with van der Waals surface area (Å²) in [6.07, 6.45) is 1.38. The predicted molar refractivity (Wildman–Crippen MR) is 93.1 cm³/mol. The fourth-order valence-electron chi connectivity index (χ4n) is 3.21. The molecule has 0 saturated carbocycles. The van der Waals surface area contributed by atoms with Gasteiger partial charge in [-0.3, -0.25) is 9.59 Å². The number of carboxylic acids is 1. The van der Waals surface area contributed by atoms with Crippen LogP contribution in [0.2, 0.25) is 0 Å². The second-order valence-electron chi connectivity index (χ2n) is 6.38. The molecule has 1 amide bonds. The number of aliphatic carboxylic acids is 1. The lowest BCUT2D eigenvalue weighted by Gasteiger charge is -2.27. The van der Waals surface area contributed by atoms with Gasteiger partial charge in [-0.1, -0.05) is 23.4 Å². The molecule has 0 spiro atoms. The number of rotatable bonds is 6. The molecular weight excluding hydrogens is 336 g/mol. The Hall–Kier alpha value is -2.74. The maximum atomic E-state index is 12.5. The van der Waals surface area contributed by atoms with Crippen molar-refractivity contribution < 1.29 is 19.4 Å². The van der Waals surface area contributed by atoms with Crippen LogP contribution in [0, 0.1) is 18.8 Å². The molecule has 8 nitrogen and oxygen atoms in total. The Labute approximate surface area is 151 Å². The lowest BCUT2D eigenvalue weighted by Crippen LogP contribution is -2.39. The highest BCUT2D eigenvalue weighted by Crippen LogP contribution is 2.24. The first-order valence-corrected chi connectivity index (χ1v) is 8.64. The minimum absolute atomic E-state index is 0.00245. The van der Waals surface area contributed by atoms with Gasteiger partial charge in [0.1, 0.15) is 0 Å². The van der Waals surface area contributed by atoms with Crippen LogP contribution in [0.1, 0.15) is 29.0 Å².